The number of nitrogens with one attached hydrogen (secondary N) is 1. The molecule has 1 aromatic rings. The lowest BCUT2D eigenvalue weighted by Gasteiger charge is -2.13. The maximum absolute atomic E-state index is 4.48. The van der Waals surface area contributed by atoms with Crippen LogP contribution in [0.2, 0.25) is 0 Å². The van der Waals surface area contributed by atoms with Gasteiger partial charge in [-0.3, -0.25) is 4.68 Å². The maximum Gasteiger partial charge on any atom is 0.0537 e. The van der Waals surface area contributed by atoms with E-state index in [-0.39, 0.29) is 0 Å². The van der Waals surface area contributed by atoms with Crippen molar-refractivity contribution in [3.05, 3.63) is 18.0 Å². The van der Waals surface area contributed by atoms with E-state index in [1.165, 1.54) is 44.1 Å². The average molecular weight is 265 g/mol. The molecule has 0 spiro atoms. The summed E-state index contributed by atoms with van der Waals surface area (Å²) in [6, 6.07) is 0.461. The van der Waals surface area contributed by atoms with E-state index in [1.54, 1.807) is 0 Å². The first-order chi connectivity index (χ1) is 9.31. The number of rotatable bonds is 11. The van der Waals surface area contributed by atoms with Gasteiger partial charge in [-0.15, -0.1) is 0 Å². The van der Waals surface area contributed by atoms with Crippen LogP contribution in [0, 0.1) is 0 Å². The molecule has 1 rings (SSSR count). The van der Waals surface area contributed by atoms with E-state index in [1.807, 2.05) is 6.20 Å². The lowest BCUT2D eigenvalue weighted by atomic mass is 10.1. The van der Waals surface area contributed by atoms with Crippen LogP contribution in [0.5, 0.6) is 0 Å². The second-order valence-corrected chi connectivity index (χ2v) is 5.32. The van der Waals surface area contributed by atoms with E-state index in [0.29, 0.717) is 6.04 Å². The summed E-state index contributed by atoms with van der Waals surface area (Å²) >= 11 is 0. The topological polar surface area (TPSA) is 29.9 Å². The van der Waals surface area contributed by atoms with E-state index in [0.717, 1.165) is 19.5 Å². The van der Waals surface area contributed by atoms with E-state index in [2.05, 4.69) is 42.1 Å². The van der Waals surface area contributed by atoms with Gasteiger partial charge in [0, 0.05) is 24.3 Å². The van der Waals surface area contributed by atoms with Gasteiger partial charge in [0.15, 0.2) is 0 Å². The molecule has 0 aromatic carbocycles. The standard InChI is InChI=1S/C16H31N3/c1-4-7-8-9-10-11-12-19-14-15(13-18-19)16(5-2)17-6-3/h13-14,16-17H,4-12H2,1-3H3. The number of hydrogen-bond donors (Lipinski definition) is 1. The first-order valence-corrected chi connectivity index (χ1v) is 8.07. The summed E-state index contributed by atoms with van der Waals surface area (Å²) in [4.78, 5) is 0. The van der Waals surface area contributed by atoms with Crippen molar-refractivity contribution in [2.45, 2.75) is 78.3 Å². The molecule has 0 fully saturated rings. The highest BCUT2D eigenvalue weighted by Crippen LogP contribution is 2.15. The third-order valence-corrected chi connectivity index (χ3v) is 3.66. The molecule has 0 aliphatic rings. The van der Waals surface area contributed by atoms with E-state index >= 15 is 0 Å². The predicted molar refractivity (Wildman–Crippen MR) is 82.3 cm³/mol. The fraction of sp³-hybridized carbons (Fsp3) is 0.812. The molecule has 0 saturated carbocycles. The summed E-state index contributed by atoms with van der Waals surface area (Å²) in [6.45, 7) is 8.72. The van der Waals surface area contributed by atoms with Crippen LogP contribution < -0.4 is 5.32 Å². The van der Waals surface area contributed by atoms with Gasteiger partial charge in [-0.25, -0.2) is 0 Å². The SMILES string of the molecule is CCCCCCCCn1cc(C(CC)NCC)cn1. The molecule has 0 aliphatic carbocycles. The van der Waals surface area contributed by atoms with Gasteiger partial charge >= 0.3 is 0 Å². The highest BCUT2D eigenvalue weighted by Gasteiger charge is 2.09. The second-order valence-electron chi connectivity index (χ2n) is 5.32. The zero-order chi connectivity index (χ0) is 13.9. The van der Waals surface area contributed by atoms with Crippen LogP contribution in [-0.2, 0) is 6.54 Å². The van der Waals surface area contributed by atoms with Crippen LogP contribution in [-0.4, -0.2) is 16.3 Å². The maximum atomic E-state index is 4.48. The molecule has 0 bridgehead atoms. The number of unbranched alkanes of at least 4 members (excludes halogenated alkanes) is 5. The molecular formula is C16H31N3. The quantitative estimate of drug-likeness (QED) is 0.604. The Labute approximate surface area is 118 Å². The van der Waals surface area contributed by atoms with Gasteiger partial charge in [-0.05, 0) is 19.4 Å². The first-order valence-electron chi connectivity index (χ1n) is 8.07. The molecule has 0 saturated heterocycles. The Morgan fingerprint density at radius 1 is 1.11 bits per heavy atom. The molecule has 1 N–H and O–H groups in total. The monoisotopic (exact) mass is 265 g/mol. The molecule has 1 unspecified atom stereocenters. The molecule has 0 radical (unpaired) electrons. The van der Waals surface area contributed by atoms with Crippen molar-refractivity contribution in [2.75, 3.05) is 6.54 Å². The minimum absolute atomic E-state index is 0.461. The Bertz CT molecular complexity index is 320. The number of aryl methyl sites for hydroxylation is 1. The van der Waals surface area contributed by atoms with Gasteiger partial charge in [0.05, 0.1) is 6.20 Å². The Morgan fingerprint density at radius 3 is 2.53 bits per heavy atom. The van der Waals surface area contributed by atoms with Crippen molar-refractivity contribution < 1.29 is 0 Å². The highest BCUT2D eigenvalue weighted by molar-refractivity contribution is 5.10. The molecule has 3 heteroatoms. The molecule has 0 aliphatic heterocycles. The molecule has 1 aromatic heterocycles. The van der Waals surface area contributed by atoms with Crippen molar-refractivity contribution in [1.82, 2.24) is 15.1 Å². The number of nitrogens with zero attached hydrogens (tertiary/aromatic N) is 2. The van der Waals surface area contributed by atoms with Crippen molar-refractivity contribution in [3.63, 3.8) is 0 Å². The third kappa shape index (κ3) is 6.24. The Balaban J connectivity index is 2.26. The van der Waals surface area contributed by atoms with Gasteiger partial charge in [-0.2, -0.15) is 5.10 Å². The molecule has 3 nitrogen and oxygen atoms in total. The Hall–Kier alpha value is -0.830. The van der Waals surface area contributed by atoms with Gasteiger partial charge in [0.2, 0.25) is 0 Å². The van der Waals surface area contributed by atoms with Crippen LogP contribution in [0.15, 0.2) is 12.4 Å². The highest BCUT2D eigenvalue weighted by atomic mass is 15.3. The summed E-state index contributed by atoms with van der Waals surface area (Å²) in [5.41, 5.74) is 1.33. The summed E-state index contributed by atoms with van der Waals surface area (Å²) in [5.74, 6) is 0. The average Bonchev–Trinajstić information content (AvgIpc) is 2.88. The Kier molecular flexibility index (Phi) is 8.55. The minimum Gasteiger partial charge on any atom is -0.310 e. The smallest absolute Gasteiger partial charge is 0.0537 e. The summed E-state index contributed by atoms with van der Waals surface area (Å²) in [7, 11) is 0. The van der Waals surface area contributed by atoms with Gasteiger partial charge in [0.25, 0.3) is 0 Å². The predicted octanol–water partition coefficient (Wildman–Crippen LogP) is 4.30. The molecule has 0 amide bonds. The molecule has 1 heterocycles. The Morgan fingerprint density at radius 2 is 1.84 bits per heavy atom. The minimum atomic E-state index is 0.461. The van der Waals surface area contributed by atoms with Crippen LogP contribution in [0.25, 0.3) is 0 Å². The second kappa shape index (κ2) is 10.0. The van der Waals surface area contributed by atoms with Gasteiger partial charge < -0.3 is 5.32 Å². The van der Waals surface area contributed by atoms with E-state index < -0.39 is 0 Å². The zero-order valence-corrected chi connectivity index (χ0v) is 13.0. The van der Waals surface area contributed by atoms with E-state index in [9.17, 15) is 0 Å². The van der Waals surface area contributed by atoms with Gasteiger partial charge in [0.1, 0.15) is 0 Å². The molecular weight excluding hydrogens is 234 g/mol. The lowest BCUT2D eigenvalue weighted by molar-refractivity contribution is 0.521. The molecule has 19 heavy (non-hydrogen) atoms. The lowest BCUT2D eigenvalue weighted by Crippen LogP contribution is -2.19. The fourth-order valence-electron chi connectivity index (χ4n) is 2.48. The van der Waals surface area contributed by atoms with Crippen LogP contribution in [0.1, 0.15) is 77.3 Å². The van der Waals surface area contributed by atoms with Crippen molar-refractivity contribution in [2.24, 2.45) is 0 Å². The summed E-state index contributed by atoms with van der Waals surface area (Å²) in [6.07, 6.45) is 13.4. The van der Waals surface area contributed by atoms with Crippen LogP contribution >= 0.6 is 0 Å². The van der Waals surface area contributed by atoms with Crippen molar-refractivity contribution >= 4 is 0 Å². The summed E-state index contributed by atoms with van der Waals surface area (Å²) < 4.78 is 2.11. The third-order valence-electron chi connectivity index (χ3n) is 3.66. The zero-order valence-electron chi connectivity index (χ0n) is 13.0. The molecule has 1 atom stereocenters. The fourth-order valence-corrected chi connectivity index (χ4v) is 2.48. The van der Waals surface area contributed by atoms with E-state index in [4.69, 9.17) is 0 Å². The summed E-state index contributed by atoms with van der Waals surface area (Å²) in [5, 5.41) is 7.98. The van der Waals surface area contributed by atoms with Crippen molar-refractivity contribution in [1.29, 1.82) is 0 Å². The van der Waals surface area contributed by atoms with Crippen LogP contribution in [0.3, 0.4) is 0 Å². The normalized spacial score (nSPS) is 12.8. The number of aromatic nitrogens is 2. The molecule has 110 valence electrons. The van der Waals surface area contributed by atoms with Crippen LogP contribution in [0.4, 0.5) is 0 Å². The van der Waals surface area contributed by atoms with Crippen molar-refractivity contribution in [3.8, 4) is 0 Å². The largest absolute Gasteiger partial charge is 0.310 e. The number of hydrogen-bond acceptors (Lipinski definition) is 2. The van der Waals surface area contributed by atoms with Gasteiger partial charge in [-0.1, -0.05) is 52.9 Å². The first kappa shape index (κ1) is 16.2.